The molecule has 0 radical (unpaired) electrons. The molecule has 0 aromatic rings. The van der Waals surface area contributed by atoms with Crippen LogP contribution in [0.25, 0.3) is 0 Å². The van der Waals surface area contributed by atoms with Gasteiger partial charge in [-0.15, -0.1) is 0 Å². The maximum absolute atomic E-state index is 10.7. The molecule has 5 nitrogen and oxygen atoms in total. The molecule has 0 bridgehead atoms. The zero-order valence-electron chi connectivity index (χ0n) is 3.35. The van der Waals surface area contributed by atoms with Gasteiger partial charge in [-0.2, -0.15) is 4.31 Å². The normalized spacial score (nSPS) is 18.2. The van der Waals surface area contributed by atoms with E-state index in [1.807, 2.05) is 0 Å². The fraction of sp³-hybridized carbons (Fsp3) is 0. The molecule has 8 heteroatoms. The van der Waals surface area contributed by atoms with E-state index in [0.717, 1.165) is 0 Å². The van der Waals surface area contributed by atoms with E-state index in [0.29, 0.717) is 0 Å². The minimum Gasteiger partial charge on any atom is -0.300 e. The minimum absolute atomic E-state index is 1.10. The van der Waals surface area contributed by atoms with Gasteiger partial charge in [0.15, 0.2) is 0 Å². The van der Waals surface area contributed by atoms with Crippen molar-refractivity contribution >= 4 is 16.5 Å². The Morgan fingerprint density at radius 3 is 2.38 bits per heavy atom. The van der Waals surface area contributed by atoms with Crippen LogP contribution in [-0.2, 0) is 18.2 Å². The summed E-state index contributed by atoms with van der Waals surface area (Å²) in [5.74, 6) is 0. The average Bonchev–Trinajstić information content (AvgIpc) is 1.67. The van der Waals surface area contributed by atoms with Crippen LogP contribution in [0.3, 0.4) is 0 Å². The van der Waals surface area contributed by atoms with E-state index >= 15 is 0 Å². The fourth-order valence-electron chi connectivity index (χ4n) is 0.0547. The lowest BCUT2D eigenvalue weighted by Crippen LogP contribution is -1.75. The third-order valence-corrected chi connectivity index (χ3v) is 1.49. The van der Waals surface area contributed by atoms with E-state index < -0.39 is 16.5 Å². The zero-order chi connectivity index (χ0) is 6.62. The van der Waals surface area contributed by atoms with E-state index in [1.165, 1.54) is 0 Å². The molecule has 0 saturated carbocycles. The molecule has 0 aliphatic rings. The first-order valence-corrected chi connectivity index (χ1v) is 3.49. The molecule has 0 aliphatic heterocycles. The lowest BCUT2D eigenvalue weighted by atomic mass is 15.6. The Morgan fingerprint density at radius 1 is 1.75 bits per heavy atom. The Labute approximate surface area is 45.2 Å². The summed E-state index contributed by atoms with van der Waals surface area (Å²) >= 11 is 0. The van der Waals surface area contributed by atoms with Crippen molar-refractivity contribution in [2.24, 2.45) is 0 Å². The second-order valence-electron chi connectivity index (χ2n) is 0.694. The van der Waals surface area contributed by atoms with E-state index in [1.54, 1.807) is 0 Å². The summed E-state index contributed by atoms with van der Waals surface area (Å²) in [7, 11) is -5.77. The third kappa shape index (κ3) is 3.18. The smallest absolute Gasteiger partial charge is 0.300 e. The quantitative estimate of drug-likeness (QED) is 0.631. The van der Waals surface area contributed by atoms with Gasteiger partial charge in [0, 0.05) is 0 Å². The molecule has 0 amide bonds. The van der Waals surface area contributed by atoms with Crippen molar-refractivity contribution in [3.8, 4) is 0 Å². The van der Waals surface area contributed by atoms with Gasteiger partial charge >= 0.3 is 16.5 Å². The van der Waals surface area contributed by atoms with E-state index in [4.69, 9.17) is 4.89 Å². The molecular formula is HFO5P2. The number of halogens is 1. The fourth-order valence-corrected chi connectivity index (χ4v) is 0.493. The van der Waals surface area contributed by atoms with Crippen LogP contribution < -0.4 is 0 Å². The van der Waals surface area contributed by atoms with Crippen molar-refractivity contribution in [1.82, 2.24) is 0 Å². The van der Waals surface area contributed by atoms with Crippen LogP contribution in [0.1, 0.15) is 0 Å². The van der Waals surface area contributed by atoms with Gasteiger partial charge in [-0.05, 0) is 4.53 Å². The van der Waals surface area contributed by atoms with E-state index in [9.17, 15) is 13.7 Å². The van der Waals surface area contributed by atoms with Gasteiger partial charge in [0.25, 0.3) is 0 Å². The van der Waals surface area contributed by atoms with Gasteiger partial charge in [-0.25, -0.2) is 9.13 Å². The molecule has 8 heavy (non-hydrogen) atoms. The van der Waals surface area contributed by atoms with Gasteiger partial charge in [-0.3, -0.25) is 0 Å². The molecule has 0 rings (SSSR count). The predicted molar refractivity (Wildman–Crippen MR) is 20.7 cm³/mol. The largest absolute Gasteiger partial charge is 0.514 e. The molecule has 1 N–H and O–H groups in total. The van der Waals surface area contributed by atoms with Gasteiger partial charge in [0.05, 0.1) is 0 Å². The lowest BCUT2D eigenvalue weighted by molar-refractivity contribution is -0.0352. The zero-order valence-corrected chi connectivity index (χ0v) is 5.14. The SMILES string of the molecule is O=POP(=O)(O)OF. The standard InChI is InChI=1S/FHO5P2/c1-5-8(3,4)6-7-2/h(H,3,4). The highest BCUT2D eigenvalue weighted by Crippen LogP contribution is 2.46. The predicted octanol–water partition coefficient (Wildman–Crippen LogP) is 1.21. The van der Waals surface area contributed by atoms with Gasteiger partial charge in [0.2, 0.25) is 0 Å². The number of hydrogen-bond donors (Lipinski definition) is 1. The van der Waals surface area contributed by atoms with E-state index in [2.05, 4.69) is 9.04 Å². The Hall–Kier alpha value is 0.140. The Balaban J connectivity index is 3.72. The summed E-state index contributed by atoms with van der Waals surface area (Å²) in [6.07, 6.45) is 0. The minimum atomic E-state index is -4.66. The van der Waals surface area contributed by atoms with Crippen molar-refractivity contribution < 1.29 is 27.6 Å². The molecular weight excluding hydrogens is 161 g/mol. The Bertz CT molecular complexity index is 120. The summed E-state index contributed by atoms with van der Waals surface area (Å²) < 4.78 is 35.3. The molecule has 48 valence electrons. The second kappa shape index (κ2) is 3.22. The molecule has 0 heterocycles. The highest BCUT2D eigenvalue weighted by Gasteiger charge is 2.21. The highest BCUT2D eigenvalue weighted by atomic mass is 31.2. The Morgan fingerprint density at radius 2 is 2.25 bits per heavy atom. The highest BCUT2D eigenvalue weighted by molar-refractivity contribution is 7.52. The van der Waals surface area contributed by atoms with Gasteiger partial charge in [-0.1, -0.05) is 4.73 Å². The first-order valence-electron chi connectivity index (χ1n) is 1.27. The summed E-state index contributed by atoms with van der Waals surface area (Å²) in [6.45, 7) is 0. The van der Waals surface area contributed by atoms with Crippen LogP contribution in [0, 0.1) is 0 Å². The second-order valence-corrected chi connectivity index (χ2v) is 2.57. The molecule has 0 saturated heterocycles. The first-order chi connectivity index (χ1) is 3.62. The van der Waals surface area contributed by atoms with Crippen molar-refractivity contribution in [3.05, 3.63) is 0 Å². The summed E-state index contributed by atoms with van der Waals surface area (Å²) in [5.41, 5.74) is 0. The van der Waals surface area contributed by atoms with Crippen LogP contribution in [0.2, 0.25) is 0 Å². The summed E-state index contributed by atoms with van der Waals surface area (Å²) in [4.78, 5) is 7.85. The van der Waals surface area contributed by atoms with Gasteiger partial charge < -0.3 is 4.89 Å². The lowest BCUT2D eigenvalue weighted by Gasteiger charge is -1.94. The molecule has 0 aromatic heterocycles. The van der Waals surface area contributed by atoms with Crippen LogP contribution >= 0.6 is 16.5 Å². The number of hydrogen-bond acceptors (Lipinski definition) is 4. The van der Waals surface area contributed by atoms with Crippen LogP contribution in [-0.4, -0.2) is 4.89 Å². The summed E-state index contributed by atoms with van der Waals surface area (Å²) in [5, 5.41) is 0. The molecule has 1 unspecified atom stereocenters. The first kappa shape index (κ1) is 8.14. The van der Waals surface area contributed by atoms with Crippen molar-refractivity contribution in [3.63, 3.8) is 0 Å². The van der Waals surface area contributed by atoms with Crippen molar-refractivity contribution in [2.75, 3.05) is 0 Å². The molecule has 0 aliphatic carbocycles. The molecule has 0 aromatic carbocycles. The van der Waals surface area contributed by atoms with Gasteiger partial charge in [0.1, 0.15) is 0 Å². The van der Waals surface area contributed by atoms with Crippen LogP contribution in [0.15, 0.2) is 0 Å². The number of phosphoric acid groups is 1. The van der Waals surface area contributed by atoms with E-state index in [-0.39, 0.29) is 0 Å². The maximum Gasteiger partial charge on any atom is 0.514 e. The van der Waals surface area contributed by atoms with Crippen LogP contribution in [0.4, 0.5) is 4.53 Å². The molecule has 1 atom stereocenters. The monoisotopic (exact) mass is 162 g/mol. The van der Waals surface area contributed by atoms with Crippen molar-refractivity contribution in [1.29, 1.82) is 0 Å². The molecule has 0 spiro atoms. The summed E-state index contributed by atoms with van der Waals surface area (Å²) in [6, 6.07) is 0. The third-order valence-electron chi connectivity index (χ3n) is 0.224. The van der Waals surface area contributed by atoms with Crippen LogP contribution in [0.5, 0.6) is 0 Å². The maximum atomic E-state index is 10.7. The van der Waals surface area contributed by atoms with Crippen molar-refractivity contribution in [2.45, 2.75) is 0 Å². The Kier molecular flexibility index (Phi) is 3.28. The molecule has 0 fully saturated rings. The average molecular weight is 162 g/mol. The topological polar surface area (TPSA) is 72.8 Å². The number of rotatable bonds is 3.